The maximum atomic E-state index is 13.7. The Hall–Kier alpha value is -2.93. The molecule has 1 amide bonds. The highest BCUT2D eigenvalue weighted by molar-refractivity contribution is 5.94. The van der Waals surface area contributed by atoms with Crippen LogP contribution < -0.4 is 10.2 Å². The number of carbonyl (C=O) groups is 2. The minimum Gasteiger partial charge on any atom is -0.466 e. The molecule has 0 saturated carbocycles. The number of piperidine rings is 2. The van der Waals surface area contributed by atoms with Gasteiger partial charge in [-0.1, -0.05) is 18.2 Å². The van der Waals surface area contributed by atoms with E-state index in [-0.39, 0.29) is 30.2 Å². The molecule has 0 radical (unpaired) electrons. The Kier molecular flexibility index (Phi) is 8.16. The van der Waals surface area contributed by atoms with Gasteiger partial charge in [-0.3, -0.25) is 9.59 Å². The van der Waals surface area contributed by atoms with Crippen molar-refractivity contribution in [2.75, 3.05) is 37.7 Å². The normalized spacial score (nSPS) is 18.0. The van der Waals surface area contributed by atoms with Gasteiger partial charge in [-0.25, -0.2) is 4.39 Å². The molecule has 2 aliphatic rings. The average Bonchev–Trinajstić information content (AvgIpc) is 2.88. The van der Waals surface area contributed by atoms with Crippen LogP contribution in [-0.4, -0.2) is 55.6 Å². The summed E-state index contributed by atoms with van der Waals surface area (Å²) >= 11 is 0. The second-order valence-corrected chi connectivity index (χ2v) is 9.10. The van der Waals surface area contributed by atoms with Crippen molar-refractivity contribution in [3.8, 4) is 0 Å². The van der Waals surface area contributed by atoms with Gasteiger partial charge in [0.2, 0.25) is 0 Å². The van der Waals surface area contributed by atoms with E-state index in [4.69, 9.17) is 4.74 Å². The Balaban J connectivity index is 1.23. The zero-order valence-corrected chi connectivity index (χ0v) is 19.8. The number of amides is 1. The summed E-state index contributed by atoms with van der Waals surface area (Å²) in [5, 5.41) is 2.79. The van der Waals surface area contributed by atoms with Crippen LogP contribution in [0.25, 0.3) is 0 Å². The number of benzene rings is 2. The standard InChI is InChI=1S/C27H34FN3O3/c1-2-34-27(33)21-11-15-30(16-12-21)24-13-17-31(18-14-24)23-9-7-20(8-10-23)26(32)29-19-22-5-3-4-6-25(22)28/h3-10,21,24H,2,11-19H2,1H3,(H,29,32). The lowest BCUT2D eigenvalue weighted by atomic mass is 9.93. The Morgan fingerprint density at radius 2 is 1.65 bits per heavy atom. The molecule has 34 heavy (non-hydrogen) atoms. The lowest BCUT2D eigenvalue weighted by Gasteiger charge is -2.42. The van der Waals surface area contributed by atoms with Crippen molar-refractivity contribution in [1.29, 1.82) is 0 Å². The number of hydrogen-bond donors (Lipinski definition) is 1. The SMILES string of the molecule is CCOC(=O)C1CCN(C2CCN(c3ccc(C(=O)NCc4ccccc4F)cc3)CC2)CC1. The van der Waals surface area contributed by atoms with Gasteiger partial charge < -0.3 is 19.9 Å². The molecule has 2 saturated heterocycles. The molecule has 1 N–H and O–H groups in total. The van der Waals surface area contributed by atoms with Crippen molar-refractivity contribution in [3.63, 3.8) is 0 Å². The topological polar surface area (TPSA) is 61.9 Å². The highest BCUT2D eigenvalue weighted by Crippen LogP contribution is 2.27. The molecule has 2 aromatic rings. The molecule has 6 nitrogen and oxygen atoms in total. The van der Waals surface area contributed by atoms with Crippen molar-refractivity contribution in [2.45, 2.75) is 45.2 Å². The summed E-state index contributed by atoms with van der Waals surface area (Å²) in [7, 11) is 0. The van der Waals surface area contributed by atoms with Gasteiger partial charge in [0.05, 0.1) is 12.5 Å². The molecule has 0 aliphatic carbocycles. The van der Waals surface area contributed by atoms with Gasteiger partial charge in [-0.2, -0.15) is 0 Å². The van der Waals surface area contributed by atoms with E-state index in [0.717, 1.165) is 57.5 Å². The van der Waals surface area contributed by atoms with Gasteiger partial charge in [0.25, 0.3) is 5.91 Å². The first kappa shape index (κ1) is 24.2. The smallest absolute Gasteiger partial charge is 0.309 e. The van der Waals surface area contributed by atoms with Crippen LogP contribution >= 0.6 is 0 Å². The van der Waals surface area contributed by atoms with Gasteiger partial charge in [0.15, 0.2) is 0 Å². The van der Waals surface area contributed by atoms with E-state index in [1.54, 1.807) is 18.2 Å². The number of nitrogens with zero attached hydrogens (tertiary/aromatic N) is 2. The van der Waals surface area contributed by atoms with Crippen LogP contribution in [-0.2, 0) is 16.1 Å². The molecular weight excluding hydrogens is 433 g/mol. The van der Waals surface area contributed by atoms with Crippen LogP contribution in [0.3, 0.4) is 0 Å². The lowest BCUT2D eigenvalue weighted by Crippen LogP contribution is -2.48. The number of anilines is 1. The number of nitrogens with one attached hydrogen (secondary N) is 1. The van der Waals surface area contributed by atoms with Crippen LogP contribution in [0.5, 0.6) is 0 Å². The zero-order chi connectivity index (χ0) is 23.9. The van der Waals surface area contributed by atoms with Crippen molar-refractivity contribution < 1.29 is 18.7 Å². The highest BCUT2D eigenvalue weighted by Gasteiger charge is 2.31. The second kappa shape index (κ2) is 11.5. The fourth-order valence-corrected chi connectivity index (χ4v) is 4.99. The average molecular weight is 468 g/mol. The third-order valence-electron chi connectivity index (χ3n) is 7.02. The second-order valence-electron chi connectivity index (χ2n) is 9.10. The number of hydrogen-bond acceptors (Lipinski definition) is 5. The summed E-state index contributed by atoms with van der Waals surface area (Å²) < 4.78 is 18.9. The summed E-state index contributed by atoms with van der Waals surface area (Å²) in [6, 6.07) is 14.7. The van der Waals surface area contributed by atoms with Crippen molar-refractivity contribution in [3.05, 3.63) is 65.5 Å². The molecule has 2 heterocycles. The first-order valence-electron chi connectivity index (χ1n) is 12.3. The van der Waals surface area contributed by atoms with E-state index in [1.165, 1.54) is 6.07 Å². The van der Waals surface area contributed by atoms with Gasteiger partial charge in [-0.05, 0) is 76.0 Å². The van der Waals surface area contributed by atoms with Gasteiger partial charge in [0, 0.05) is 42.5 Å². The molecular formula is C27H34FN3O3. The largest absolute Gasteiger partial charge is 0.466 e. The fourth-order valence-electron chi connectivity index (χ4n) is 4.99. The minimum atomic E-state index is -0.315. The van der Waals surface area contributed by atoms with Crippen LogP contribution in [0.15, 0.2) is 48.5 Å². The van der Waals surface area contributed by atoms with E-state index in [9.17, 15) is 14.0 Å². The Labute approximate surface area is 201 Å². The molecule has 2 aromatic carbocycles. The van der Waals surface area contributed by atoms with E-state index in [0.29, 0.717) is 23.8 Å². The van der Waals surface area contributed by atoms with E-state index >= 15 is 0 Å². The fraction of sp³-hybridized carbons (Fsp3) is 0.481. The van der Waals surface area contributed by atoms with Crippen LogP contribution in [0.2, 0.25) is 0 Å². The van der Waals surface area contributed by atoms with Crippen LogP contribution in [0.4, 0.5) is 10.1 Å². The lowest BCUT2D eigenvalue weighted by molar-refractivity contribution is -0.149. The molecule has 182 valence electrons. The summed E-state index contributed by atoms with van der Waals surface area (Å²) in [4.78, 5) is 29.3. The van der Waals surface area contributed by atoms with Crippen molar-refractivity contribution in [1.82, 2.24) is 10.2 Å². The number of carbonyl (C=O) groups excluding carboxylic acids is 2. The monoisotopic (exact) mass is 467 g/mol. The van der Waals surface area contributed by atoms with Gasteiger partial charge >= 0.3 is 5.97 Å². The van der Waals surface area contributed by atoms with Crippen molar-refractivity contribution >= 4 is 17.6 Å². The number of rotatable bonds is 7. The number of likely N-dealkylation sites (tertiary alicyclic amines) is 1. The Bertz CT molecular complexity index is 965. The van der Waals surface area contributed by atoms with Gasteiger partial charge in [0.1, 0.15) is 5.82 Å². The summed E-state index contributed by atoms with van der Waals surface area (Å²) in [6.07, 6.45) is 3.96. The molecule has 0 bridgehead atoms. The predicted octanol–water partition coefficient (Wildman–Crippen LogP) is 4.00. The van der Waals surface area contributed by atoms with Crippen LogP contribution in [0.1, 0.15) is 48.5 Å². The number of esters is 1. The molecule has 0 unspecified atom stereocenters. The third kappa shape index (κ3) is 5.95. The maximum absolute atomic E-state index is 13.7. The predicted molar refractivity (Wildman–Crippen MR) is 130 cm³/mol. The zero-order valence-electron chi connectivity index (χ0n) is 19.8. The molecule has 2 fully saturated rings. The number of halogens is 1. The first-order valence-corrected chi connectivity index (χ1v) is 12.3. The molecule has 2 aliphatic heterocycles. The van der Waals surface area contributed by atoms with E-state index in [2.05, 4.69) is 15.1 Å². The third-order valence-corrected chi connectivity index (χ3v) is 7.02. The summed E-state index contributed by atoms with van der Waals surface area (Å²) in [5.74, 6) is -0.510. The maximum Gasteiger partial charge on any atom is 0.309 e. The molecule has 7 heteroatoms. The minimum absolute atomic E-state index is 0.0404. The molecule has 0 aromatic heterocycles. The molecule has 0 atom stereocenters. The number of ether oxygens (including phenoxy) is 1. The summed E-state index contributed by atoms with van der Waals surface area (Å²) in [6.45, 7) is 6.35. The quantitative estimate of drug-likeness (QED) is 0.624. The Morgan fingerprint density at radius 1 is 0.971 bits per heavy atom. The first-order chi connectivity index (χ1) is 16.5. The Morgan fingerprint density at radius 3 is 2.29 bits per heavy atom. The van der Waals surface area contributed by atoms with Gasteiger partial charge in [-0.15, -0.1) is 0 Å². The molecule has 0 spiro atoms. The van der Waals surface area contributed by atoms with E-state index < -0.39 is 0 Å². The highest BCUT2D eigenvalue weighted by atomic mass is 19.1. The molecule has 4 rings (SSSR count). The summed E-state index contributed by atoms with van der Waals surface area (Å²) in [5.41, 5.74) is 2.16. The van der Waals surface area contributed by atoms with Crippen molar-refractivity contribution in [2.24, 2.45) is 5.92 Å². The van der Waals surface area contributed by atoms with Crippen LogP contribution in [0, 0.1) is 11.7 Å². The van der Waals surface area contributed by atoms with E-state index in [1.807, 2.05) is 31.2 Å².